The molecule has 0 fully saturated rings. The lowest BCUT2D eigenvalue weighted by Crippen LogP contribution is -1.99. The van der Waals surface area contributed by atoms with E-state index in [0.29, 0.717) is 4.90 Å². The molecule has 0 radical (unpaired) electrons. The van der Waals surface area contributed by atoms with E-state index in [-0.39, 0.29) is 0 Å². The molecule has 0 spiro atoms. The Morgan fingerprint density at radius 3 is 1.78 bits per heavy atom. The van der Waals surface area contributed by atoms with Gasteiger partial charge in [-0.05, 0) is 119 Å². The fourth-order valence-electron chi connectivity index (χ4n) is 6.85. The Kier molecular flexibility index (Phi) is 11.3. The smallest absolute Gasteiger partial charge is 0.0408 e. The molecule has 254 valence electrons. The van der Waals surface area contributed by atoms with Gasteiger partial charge in [0.15, 0.2) is 0 Å². The molecule has 0 aliphatic carbocycles. The Bertz CT molecular complexity index is 2450. The van der Waals surface area contributed by atoms with Crippen molar-refractivity contribution in [2.24, 2.45) is 0 Å². The normalized spacial score (nSPS) is 11.7. The summed E-state index contributed by atoms with van der Waals surface area (Å²) in [5.41, 5.74) is 3.34. The molecule has 9 rings (SSSR count). The average molecular weight is 720 g/mol. The highest BCUT2D eigenvalue weighted by atomic mass is 32.2. The van der Waals surface area contributed by atoms with Gasteiger partial charge in [0.1, 0.15) is 0 Å². The lowest BCUT2D eigenvalue weighted by molar-refractivity contribution is 0.538. The molecule has 0 saturated heterocycles. The predicted octanol–water partition coefficient (Wildman–Crippen LogP) is 14.0. The summed E-state index contributed by atoms with van der Waals surface area (Å²) in [5, 5.41) is 13.0. The quantitative estimate of drug-likeness (QED) is 0.0934. The van der Waals surface area contributed by atoms with Gasteiger partial charge in [-0.1, -0.05) is 141 Å². The van der Waals surface area contributed by atoms with Crippen molar-refractivity contribution in [3.05, 3.63) is 162 Å². The van der Waals surface area contributed by atoms with Crippen LogP contribution < -0.4 is 0 Å². The standard InChI is InChI=1S/C30H28O2S.2C8H6S/c1-2-3-4-5-12-22-14-10-17-27-28(24-19-18-21-11-6-7-13-23(21)20-24)25-15-8-9-16-26(25)30(29(22)27)33(31)32;2*1-2-4-8-7(3-1)5-6-9-8/h6-11,13-20H,2-5,12H2,1H3,(H,31,32);2*1-6H/p-1. The summed E-state index contributed by atoms with van der Waals surface area (Å²) in [5.74, 6) is 0. The second kappa shape index (κ2) is 16.6. The maximum Gasteiger partial charge on any atom is 0.0408 e. The van der Waals surface area contributed by atoms with E-state index in [1.165, 1.54) is 43.8 Å². The Morgan fingerprint density at radius 2 is 1.14 bits per heavy atom. The van der Waals surface area contributed by atoms with Crippen molar-refractivity contribution >= 4 is 86.2 Å². The lowest BCUT2D eigenvalue weighted by Gasteiger charge is -2.21. The van der Waals surface area contributed by atoms with Gasteiger partial charge in [-0.15, -0.1) is 22.7 Å². The van der Waals surface area contributed by atoms with Crippen molar-refractivity contribution in [3.63, 3.8) is 0 Å². The van der Waals surface area contributed by atoms with Crippen LogP contribution in [0, 0.1) is 0 Å². The maximum atomic E-state index is 12.6. The zero-order valence-electron chi connectivity index (χ0n) is 28.6. The molecule has 5 heteroatoms. The molecule has 0 aliphatic rings. The zero-order valence-corrected chi connectivity index (χ0v) is 31.0. The van der Waals surface area contributed by atoms with E-state index in [4.69, 9.17) is 0 Å². The number of hydrogen-bond acceptors (Lipinski definition) is 4. The van der Waals surface area contributed by atoms with Crippen LogP contribution in [0.1, 0.15) is 38.2 Å². The van der Waals surface area contributed by atoms with E-state index in [1.807, 2.05) is 24.3 Å². The van der Waals surface area contributed by atoms with Gasteiger partial charge in [0.05, 0.1) is 0 Å². The number of thiophene rings is 2. The first-order valence-electron chi connectivity index (χ1n) is 17.5. The lowest BCUT2D eigenvalue weighted by atomic mass is 9.88. The van der Waals surface area contributed by atoms with E-state index < -0.39 is 11.1 Å². The Morgan fingerprint density at radius 1 is 0.549 bits per heavy atom. The summed E-state index contributed by atoms with van der Waals surface area (Å²) < 4.78 is 27.9. The summed E-state index contributed by atoms with van der Waals surface area (Å²) in [7, 11) is 0. The largest absolute Gasteiger partial charge is 0.768 e. The van der Waals surface area contributed by atoms with Crippen LogP contribution in [-0.4, -0.2) is 8.76 Å². The highest BCUT2D eigenvalue weighted by Crippen LogP contribution is 2.42. The molecule has 1 atom stereocenters. The highest BCUT2D eigenvalue weighted by molar-refractivity contribution is 7.79. The number of rotatable bonds is 7. The molecule has 2 nitrogen and oxygen atoms in total. The summed E-state index contributed by atoms with van der Waals surface area (Å²) in [4.78, 5) is 0.427. The van der Waals surface area contributed by atoms with Crippen molar-refractivity contribution in [3.8, 4) is 11.1 Å². The number of fused-ring (bicyclic) bond motifs is 5. The summed E-state index contributed by atoms with van der Waals surface area (Å²) >= 11 is 1.24. The molecule has 0 amide bonds. The van der Waals surface area contributed by atoms with Crippen molar-refractivity contribution in [1.82, 2.24) is 0 Å². The average Bonchev–Trinajstić information content (AvgIpc) is 3.86. The van der Waals surface area contributed by atoms with Gasteiger partial charge in [0.25, 0.3) is 0 Å². The third-order valence-corrected chi connectivity index (χ3v) is 11.9. The first-order chi connectivity index (χ1) is 25.1. The van der Waals surface area contributed by atoms with Gasteiger partial charge in [0, 0.05) is 19.7 Å². The number of benzene rings is 7. The van der Waals surface area contributed by atoms with E-state index >= 15 is 0 Å². The highest BCUT2D eigenvalue weighted by Gasteiger charge is 2.18. The topological polar surface area (TPSA) is 40.1 Å². The van der Waals surface area contributed by atoms with Crippen LogP contribution >= 0.6 is 22.7 Å². The van der Waals surface area contributed by atoms with E-state index in [9.17, 15) is 8.76 Å². The molecule has 1 unspecified atom stereocenters. The molecule has 0 N–H and O–H groups in total. The van der Waals surface area contributed by atoms with E-state index in [2.05, 4.69) is 139 Å². The summed E-state index contributed by atoms with van der Waals surface area (Å²) in [6.45, 7) is 2.21. The summed E-state index contributed by atoms with van der Waals surface area (Å²) in [6, 6.07) is 50.1. The van der Waals surface area contributed by atoms with Crippen LogP contribution in [0.4, 0.5) is 0 Å². The second-order valence-electron chi connectivity index (χ2n) is 12.6. The van der Waals surface area contributed by atoms with E-state index in [1.54, 1.807) is 22.7 Å². The molecule has 9 aromatic rings. The fourth-order valence-corrected chi connectivity index (χ4v) is 9.19. The fraction of sp³-hybridized carbons (Fsp3) is 0.130. The third-order valence-electron chi connectivity index (χ3n) is 9.32. The van der Waals surface area contributed by atoms with Crippen LogP contribution in [0.2, 0.25) is 0 Å². The van der Waals surface area contributed by atoms with Gasteiger partial charge in [-0.2, -0.15) is 0 Å². The monoisotopic (exact) mass is 719 g/mol. The first-order valence-corrected chi connectivity index (χ1v) is 20.3. The second-order valence-corrected chi connectivity index (χ2v) is 15.4. The van der Waals surface area contributed by atoms with E-state index in [0.717, 1.165) is 57.5 Å². The van der Waals surface area contributed by atoms with Crippen molar-refractivity contribution in [1.29, 1.82) is 0 Å². The molecule has 0 aliphatic heterocycles. The Hall–Kier alpha value is -4.65. The number of unbranched alkanes of at least 4 members (excludes halogenated alkanes) is 3. The number of aryl methyl sites for hydroxylation is 1. The van der Waals surface area contributed by atoms with Crippen molar-refractivity contribution < 1.29 is 8.76 Å². The molecule has 51 heavy (non-hydrogen) atoms. The molecule has 0 saturated carbocycles. The Labute approximate surface area is 310 Å². The SMILES string of the molecule is CCCCCCc1cccc2c(-c3ccc4ccccc4c3)c3ccccc3c(S(=O)[O-])c12.c1ccc2sccc2c1.c1ccc2sccc2c1. The molecular weight excluding hydrogens is 681 g/mol. The van der Waals surface area contributed by atoms with Crippen LogP contribution in [-0.2, 0) is 17.5 Å². The third kappa shape index (κ3) is 7.83. The molecule has 2 aromatic heterocycles. The Balaban J connectivity index is 0.000000180. The van der Waals surface area contributed by atoms with Gasteiger partial charge >= 0.3 is 0 Å². The van der Waals surface area contributed by atoms with Crippen molar-refractivity contribution in [2.75, 3.05) is 0 Å². The van der Waals surface area contributed by atoms with Crippen LogP contribution in [0.25, 0.3) is 63.6 Å². The minimum Gasteiger partial charge on any atom is -0.768 e. The summed E-state index contributed by atoms with van der Waals surface area (Å²) in [6.07, 6.45) is 5.50. The van der Waals surface area contributed by atoms with Gasteiger partial charge < -0.3 is 4.55 Å². The number of hydrogen-bond donors (Lipinski definition) is 0. The van der Waals surface area contributed by atoms with Crippen LogP contribution in [0.3, 0.4) is 0 Å². The maximum absolute atomic E-state index is 12.6. The van der Waals surface area contributed by atoms with Crippen LogP contribution in [0.5, 0.6) is 0 Å². The molecule has 0 bridgehead atoms. The van der Waals surface area contributed by atoms with Gasteiger partial charge in [0.2, 0.25) is 0 Å². The van der Waals surface area contributed by atoms with Gasteiger partial charge in [-0.25, -0.2) is 0 Å². The molecular formula is C46H39O2S3-. The zero-order chi connectivity index (χ0) is 35.0. The van der Waals surface area contributed by atoms with Crippen LogP contribution in [0.15, 0.2) is 161 Å². The van der Waals surface area contributed by atoms with Crippen molar-refractivity contribution in [2.45, 2.75) is 43.9 Å². The predicted molar refractivity (Wildman–Crippen MR) is 223 cm³/mol. The van der Waals surface area contributed by atoms with Gasteiger partial charge in [-0.3, -0.25) is 4.21 Å². The molecule has 7 aromatic carbocycles. The first kappa shape index (κ1) is 34.8. The molecule has 2 heterocycles. The minimum atomic E-state index is -2.33. The minimum absolute atomic E-state index is 0.427.